The summed E-state index contributed by atoms with van der Waals surface area (Å²) in [5, 5.41) is 0.939. The molecule has 1 atom stereocenters. The van der Waals surface area contributed by atoms with Crippen LogP contribution in [0.25, 0.3) is 22.2 Å². The van der Waals surface area contributed by atoms with Gasteiger partial charge in [0.1, 0.15) is 35.7 Å². The average Bonchev–Trinajstić information content (AvgIpc) is 3.71. The molecular formula is C29H38N6O2. The molecule has 0 unspecified atom stereocenters. The van der Waals surface area contributed by atoms with Gasteiger partial charge in [-0.25, -0.2) is 9.97 Å². The first kappa shape index (κ1) is 23.4. The van der Waals surface area contributed by atoms with Gasteiger partial charge in [-0.3, -0.25) is 4.90 Å². The van der Waals surface area contributed by atoms with Gasteiger partial charge < -0.3 is 24.7 Å². The molecule has 6 heterocycles. The van der Waals surface area contributed by atoms with Crippen LogP contribution in [0.3, 0.4) is 0 Å². The maximum Gasteiger partial charge on any atom is 0.146 e. The van der Waals surface area contributed by atoms with Crippen LogP contribution < -0.4 is 10.5 Å². The molecule has 0 aliphatic carbocycles. The molecule has 2 N–H and O–H groups in total. The number of nitrogen functional groups attached to an aromatic ring is 1. The highest BCUT2D eigenvalue weighted by atomic mass is 16.6. The summed E-state index contributed by atoms with van der Waals surface area (Å²) < 4.78 is 14.9. The lowest BCUT2D eigenvalue weighted by Crippen LogP contribution is -2.42. The van der Waals surface area contributed by atoms with Gasteiger partial charge in [-0.1, -0.05) is 12.1 Å². The van der Waals surface area contributed by atoms with E-state index in [1.54, 1.807) is 6.33 Å². The summed E-state index contributed by atoms with van der Waals surface area (Å²) in [5.41, 5.74) is 9.46. The second kappa shape index (κ2) is 9.26. The number of aromatic nitrogens is 3. The number of fused-ring (bicyclic) bond motifs is 3. The van der Waals surface area contributed by atoms with Gasteiger partial charge in [0.25, 0.3) is 0 Å². The van der Waals surface area contributed by atoms with Crippen molar-refractivity contribution < 1.29 is 9.47 Å². The first-order chi connectivity index (χ1) is 18.1. The van der Waals surface area contributed by atoms with E-state index in [9.17, 15) is 0 Å². The van der Waals surface area contributed by atoms with E-state index in [0.717, 1.165) is 60.3 Å². The smallest absolute Gasteiger partial charge is 0.146 e. The zero-order valence-electron chi connectivity index (χ0n) is 21.8. The molecule has 8 nitrogen and oxygen atoms in total. The van der Waals surface area contributed by atoms with Gasteiger partial charge in [0.15, 0.2) is 0 Å². The van der Waals surface area contributed by atoms with Crippen LogP contribution in [0.2, 0.25) is 0 Å². The van der Waals surface area contributed by atoms with E-state index in [1.165, 1.54) is 38.8 Å². The lowest BCUT2D eigenvalue weighted by Gasteiger charge is -2.35. The Labute approximate surface area is 218 Å². The van der Waals surface area contributed by atoms with Crippen molar-refractivity contribution in [3.8, 4) is 16.9 Å². The number of piperidine rings is 1. The third-order valence-electron chi connectivity index (χ3n) is 9.34. The molecule has 4 fully saturated rings. The maximum absolute atomic E-state index is 6.46. The molecule has 4 saturated heterocycles. The first-order valence-corrected chi connectivity index (χ1v) is 14.0. The highest BCUT2D eigenvalue weighted by Crippen LogP contribution is 2.44. The van der Waals surface area contributed by atoms with Crippen molar-refractivity contribution in [1.29, 1.82) is 0 Å². The summed E-state index contributed by atoms with van der Waals surface area (Å²) in [6.45, 7) is 5.21. The van der Waals surface area contributed by atoms with E-state index in [-0.39, 0.29) is 5.60 Å². The summed E-state index contributed by atoms with van der Waals surface area (Å²) in [5.74, 6) is 1.40. The Morgan fingerprint density at radius 2 is 1.86 bits per heavy atom. The Hall–Kier alpha value is -2.68. The molecule has 0 amide bonds. The maximum atomic E-state index is 6.46. The zero-order chi connectivity index (χ0) is 25.0. The highest BCUT2D eigenvalue weighted by molar-refractivity contribution is 6.00. The van der Waals surface area contributed by atoms with Crippen molar-refractivity contribution >= 4 is 16.9 Å². The van der Waals surface area contributed by atoms with Crippen molar-refractivity contribution in [3.05, 3.63) is 36.8 Å². The summed E-state index contributed by atoms with van der Waals surface area (Å²) in [4.78, 5) is 14.2. The SMILES string of the molecule is CN1CCC(N2CC[C@@H](n3cc(-c4cccc(OCC56CCC(CC5)O6)c4)c4c(N)ncnc43)C2)CC1. The molecule has 4 aliphatic heterocycles. The molecule has 0 saturated carbocycles. The summed E-state index contributed by atoms with van der Waals surface area (Å²) in [6.07, 6.45) is 12.5. The van der Waals surface area contributed by atoms with E-state index >= 15 is 0 Å². The lowest BCUT2D eigenvalue weighted by atomic mass is 9.89. The van der Waals surface area contributed by atoms with Crippen LogP contribution in [0.4, 0.5) is 5.82 Å². The Kier molecular flexibility index (Phi) is 5.86. The molecule has 3 aromatic rings. The topological polar surface area (TPSA) is 81.7 Å². The Balaban J connectivity index is 1.15. The molecule has 4 aliphatic rings. The molecule has 37 heavy (non-hydrogen) atoms. The minimum absolute atomic E-state index is 0.0862. The van der Waals surface area contributed by atoms with Gasteiger partial charge in [0.2, 0.25) is 0 Å². The minimum atomic E-state index is -0.0862. The summed E-state index contributed by atoms with van der Waals surface area (Å²) in [6, 6.07) is 9.44. The predicted octanol–water partition coefficient (Wildman–Crippen LogP) is 4.11. The molecule has 0 radical (unpaired) electrons. The van der Waals surface area contributed by atoms with E-state index in [1.807, 2.05) is 6.07 Å². The van der Waals surface area contributed by atoms with E-state index in [0.29, 0.717) is 30.6 Å². The Bertz CT molecular complexity index is 1270. The number of nitrogens with zero attached hydrogens (tertiary/aromatic N) is 5. The normalized spacial score (nSPS) is 29.0. The van der Waals surface area contributed by atoms with Crippen LogP contribution >= 0.6 is 0 Å². The van der Waals surface area contributed by atoms with Crippen molar-refractivity contribution in [1.82, 2.24) is 24.3 Å². The third kappa shape index (κ3) is 4.29. The summed E-state index contributed by atoms with van der Waals surface area (Å²) >= 11 is 0. The van der Waals surface area contributed by atoms with Crippen LogP contribution in [-0.4, -0.2) is 81.9 Å². The number of ether oxygens (including phenoxy) is 2. The monoisotopic (exact) mass is 502 g/mol. The number of hydrogen-bond donors (Lipinski definition) is 1. The minimum Gasteiger partial charge on any atom is -0.491 e. The number of nitrogens with two attached hydrogens (primary N) is 1. The Morgan fingerprint density at radius 3 is 2.65 bits per heavy atom. The van der Waals surface area contributed by atoms with E-state index < -0.39 is 0 Å². The second-order valence-electron chi connectivity index (χ2n) is 11.7. The largest absolute Gasteiger partial charge is 0.491 e. The molecule has 8 heteroatoms. The van der Waals surface area contributed by atoms with Crippen molar-refractivity contribution in [2.24, 2.45) is 0 Å². The molecule has 2 bridgehead atoms. The van der Waals surface area contributed by atoms with Crippen molar-refractivity contribution in [2.45, 2.75) is 68.7 Å². The van der Waals surface area contributed by atoms with Crippen molar-refractivity contribution in [3.63, 3.8) is 0 Å². The number of benzene rings is 1. The van der Waals surface area contributed by atoms with Gasteiger partial charge >= 0.3 is 0 Å². The molecule has 196 valence electrons. The van der Waals surface area contributed by atoms with Gasteiger partial charge in [0, 0.05) is 36.9 Å². The summed E-state index contributed by atoms with van der Waals surface area (Å²) in [7, 11) is 2.23. The third-order valence-corrected chi connectivity index (χ3v) is 9.34. The van der Waals surface area contributed by atoms with E-state index in [4.69, 9.17) is 20.2 Å². The first-order valence-electron chi connectivity index (χ1n) is 14.0. The van der Waals surface area contributed by atoms with Crippen LogP contribution in [-0.2, 0) is 4.74 Å². The fourth-order valence-electron chi connectivity index (χ4n) is 7.15. The van der Waals surface area contributed by atoms with Gasteiger partial charge in [-0.05, 0) is 82.8 Å². The van der Waals surface area contributed by atoms with Gasteiger partial charge in [0.05, 0.1) is 11.5 Å². The number of likely N-dealkylation sites (tertiary alicyclic amines) is 2. The molecule has 2 aromatic heterocycles. The van der Waals surface area contributed by atoms with Gasteiger partial charge in [-0.15, -0.1) is 0 Å². The Morgan fingerprint density at radius 1 is 1.05 bits per heavy atom. The molecule has 7 rings (SSSR count). The van der Waals surface area contributed by atoms with Crippen molar-refractivity contribution in [2.75, 3.05) is 45.6 Å². The molecule has 1 aromatic carbocycles. The number of rotatable bonds is 6. The van der Waals surface area contributed by atoms with Crippen LogP contribution in [0.1, 0.15) is 51.0 Å². The average molecular weight is 503 g/mol. The molecular weight excluding hydrogens is 464 g/mol. The number of anilines is 1. The van der Waals surface area contributed by atoms with Crippen LogP contribution in [0.15, 0.2) is 36.8 Å². The fourth-order valence-corrected chi connectivity index (χ4v) is 7.15. The predicted molar refractivity (Wildman–Crippen MR) is 145 cm³/mol. The quantitative estimate of drug-likeness (QED) is 0.543. The fraction of sp³-hybridized carbons (Fsp3) is 0.586. The lowest BCUT2D eigenvalue weighted by molar-refractivity contribution is -0.0198. The van der Waals surface area contributed by atoms with Crippen LogP contribution in [0.5, 0.6) is 5.75 Å². The van der Waals surface area contributed by atoms with E-state index in [2.05, 4.69) is 50.8 Å². The number of hydrogen-bond acceptors (Lipinski definition) is 7. The standard InChI is InChI=1S/C29H38N6O2/c1-33-12-7-21(8-13-33)34-14-9-22(16-34)35-17-25(26-27(30)31-19-32-28(26)35)20-3-2-4-24(15-20)36-18-29-10-5-23(37-29)6-11-29/h2-4,15,17,19,21-23H,5-14,16,18H2,1H3,(H2,30,31,32)/t22-,23?,29?/m1/s1. The second-order valence-corrected chi connectivity index (χ2v) is 11.7. The van der Waals surface area contributed by atoms with Crippen LogP contribution in [0, 0.1) is 0 Å². The highest BCUT2D eigenvalue weighted by Gasteiger charge is 2.46. The molecule has 0 spiro atoms. The zero-order valence-corrected chi connectivity index (χ0v) is 21.8. The van der Waals surface area contributed by atoms with Gasteiger partial charge in [-0.2, -0.15) is 0 Å².